The van der Waals surface area contributed by atoms with E-state index in [2.05, 4.69) is 24.4 Å². The fourth-order valence-electron chi connectivity index (χ4n) is 4.11. The third kappa shape index (κ3) is 5.67. The van der Waals surface area contributed by atoms with Crippen LogP contribution in [0.15, 0.2) is 29.6 Å². The van der Waals surface area contributed by atoms with Gasteiger partial charge in [-0.2, -0.15) is 0 Å². The first-order valence-corrected chi connectivity index (χ1v) is 12.0. The number of fused-ring (bicyclic) bond motifs is 1. The molecule has 3 rings (SSSR count). The van der Waals surface area contributed by atoms with Gasteiger partial charge in [-0.05, 0) is 61.7 Å². The highest BCUT2D eigenvalue weighted by Crippen LogP contribution is 2.34. The van der Waals surface area contributed by atoms with Gasteiger partial charge in [0, 0.05) is 24.4 Å². The maximum absolute atomic E-state index is 13.3. The molecule has 5 nitrogen and oxygen atoms in total. The van der Waals surface area contributed by atoms with E-state index < -0.39 is 0 Å². The van der Waals surface area contributed by atoms with E-state index in [9.17, 15) is 9.59 Å². The SMILES string of the molecule is CCN(CC(=O)N1CCc2sccc2[C@@H]1COc1ccc(C)cc1C)C(=O)CC(C)C. The Morgan fingerprint density at radius 3 is 2.71 bits per heavy atom. The normalized spacial score (nSPS) is 15.7. The van der Waals surface area contributed by atoms with Crippen LogP contribution in [0.3, 0.4) is 0 Å². The molecule has 0 spiro atoms. The smallest absolute Gasteiger partial charge is 0.242 e. The van der Waals surface area contributed by atoms with Crippen molar-refractivity contribution in [2.24, 2.45) is 5.92 Å². The second-order valence-electron chi connectivity index (χ2n) is 8.74. The third-order valence-electron chi connectivity index (χ3n) is 5.79. The Kier molecular flexibility index (Phi) is 7.76. The Morgan fingerprint density at radius 1 is 1.26 bits per heavy atom. The average molecular weight is 443 g/mol. The summed E-state index contributed by atoms with van der Waals surface area (Å²) in [5.74, 6) is 1.16. The van der Waals surface area contributed by atoms with Gasteiger partial charge in [0.05, 0.1) is 12.6 Å². The van der Waals surface area contributed by atoms with Gasteiger partial charge in [-0.3, -0.25) is 9.59 Å². The summed E-state index contributed by atoms with van der Waals surface area (Å²) in [6.45, 7) is 11.8. The molecule has 0 bridgehead atoms. The summed E-state index contributed by atoms with van der Waals surface area (Å²) in [5.41, 5.74) is 3.46. The lowest BCUT2D eigenvalue weighted by Gasteiger charge is -2.37. The lowest BCUT2D eigenvalue weighted by molar-refractivity contribution is -0.143. The molecule has 0 saturated heterocycles. The predicted molar refractivity (Wildman–Crippen MR) is 126 cm³/mol. The Morgan fingerprint density at radius 2 is 2.03 bits per heavy atom. The highest BCUT2D eigenvalue weighted by atomic mass is 32.1. The van der Waals surface area contributed by atoms with Crippen molar-refractivity contribution < 1.29 is 14.3 Å². The minimum absolute atomic E-state index is 0.00923. The first kappa shape index (κ1) is 23.3. The Balaban J connectivity index is 1.76. The number of rotatable bonds is 8. The van der Waals surface area contributed by atoms with Crippen LogP contribution in [0, 0.1) is 19.8 Å². The number of carbonyl (C=O) groups is 2. The maximum Gasteiger partial charge on any atom is 0.242 e. The van der Waals surface area contributed by atoms with Crippen molar-refractivity contribution >= 4 is 23.2 Å². The van der Waals surface area contributed by atoms with Crippen molar-refractivity contribution in [2.75, 3.05) is 26.2 Å². The number of hydrogen-bond acceptors (Lipinski definition) is 4. The summed E-state index contributed by atoms with van der Waals surface area (Å²) in [5, 5.41) is 2.09. The molecule has 31 heavy (non-hydrogen) atoms. The first-order valence-electron chi connectivity index (χ1n) is 11.1. The number of amides is 2. The van der Waals surface area contributed by atoms with Gasteiger partial charge in [0.15, 0.2) is 0 Å². The Hall–Kier alpha value is -2.34. The number of likely N-dealkylation sites (N-methyl/N-ethyl adjacent to an activating group) is 1. The van der Waals surface area contributed by atoms with Crippen molar-refractivity contribution in [2.45, 2.75) is 53.5 Å². The molecule has 0 aliphatic carbocycles. The van der Waals surface area contributed by atoms with Crippen LogP contribution in [0.4, 0.5) is 0 Å². The van der Waals surface area contributed by atoms with Gasteiger partial charge in [0.2, 0.25) is 11.8 Å². The molecule has 0 N–H and O–H groups in total. The van der Waals surface area contributed by atoms with Gasteiger partial charge < -0.3 is 14.5 Å². The van der Waals surface area contributed by atoms with Gasteiger partial charge in [-0.15, -0.1) is 11.3 Å². The molecular formula is C25H34N2O3S. The molecule has 2 aromatic rings. The summed E-state index contributed by atoms with van der Waals surface area (Å²) in [6.07, 6.45) is 1.32. The molecule has 2 heterocycles. The number of nitrogens with zero attached hydrogens (tertiary/aromatic N) is 2. The molecule has 0 fully saturated rings. The third-order valence-corrected chi connectivity index (χ3v) is 6.78. The summed E-state index contributed by atoms with van der Waals surface area (Å²) in [7, 11) is 0. The largest absolute Gasteiger partial charge is 0.491 e. The van der Waals surface area contributed by atoms with E-state index in [-0.39, 0.29) is 30.3 Å². The maximum atomic E-state index is 13.3. The van der Waals surface area contributed by atoms with Gasteiger partial charge in [0.25, 0.3) is 0 Å². The minimum Gasteiger partial charge on any atom is -0.491 e. The van der Waals surface area contributed by atoms with Gasteiger partial charge in [-0.25, -0.2) is 0 Å². The van der Waals surface area contributed by atoms with Crippen molar-refractivity contribution in [3.05, 3.63) is 51.2 Å². The summed E-state index contributed by atoms with van der Waals surface area (Å²) < 4.78 is 6.20. The summed E-state index contributed by atoms with van der Waals surface area (Å²) in [4.78, 5) is 30.8. The Labute approximate surface area is 190 Å². The van der Waals surface area contributed by atoms with Crippen LogP contribution in [-0.4, -0.2) is 47.9 Å². The van der Waals surface area contributed by atoms with Crippen LogP contribution in [0.1, 0.15) is 54.8 Å². The van der Waals surface area contributed by atoms with Crippen LogP contribution >= 0.6 is 11.3 Å². The number of thiophene rings is 1. The van der Waals surface area contributed by atoms with Crippen LogP contribution < -0.4 is 4.74 Å². The van der Waals surface area contributed by atoms with E-state index in [0.29, 0.717) is 26.1 Å². The van der Waals surface area contributed by atoms with Gasteiger partial charge in [0.1, 0.15) is 12.4 Å². The van der Waals surface area contributed by atoms with Crippen molar-refractivity contribution in [3.63, 3.8) is 0 Å². The molecule has 1 aliphatic heterocycles. The van der Waals surface area contributed by atoms with E-state index in [1.54, 1.807) is 16.2 Å². The average Bonchev–Trinajstić information content (AvgIpc) is 3.19. The zero-order valence-electron chi connectivity index (χ0n) is 19.3. The fraction of sp³-hybridized carbons (Fsp3) is 0.520. The zero-order chi connectivity index (χ0) is 22.5. The molecule has 168 valence electrons. The number of hydrogen-bond donors (Lipinski definition) is 0. The van der Waals surface area contributed by atoms with E-state index >= 15 is 0 Å². The lowest BCUT2D eigenvalue weighted by atomic mass is 10.00. The van der Waals surface area contributed by atoms with E-state index in [0.717, 1.165) is 17.7 Å². The highest BCUT2D eigenvalue weighted by Gasteiger charge is 2.33. The van der Waals surface area contributed by atoms with Crippen LogP contribution in [-0.2, 0) is 16.0 Å². The predicted octanol–water partition coefficient (Wildman–Crippen LogP) is 4.76. The summed E-state index contributed by atoms with van der Waals surface area (Å²) in [6, 6.07) is 8.12. The second-order valence-corrected chi connectivity index (χ2v) is 9.74. The molecule has 0 radical (unpaired) electrons. The first-order chi connectivity index (χ1) is 14.8. The van der Waals surface area contributed by atoms with E-state index in [1.807, 2.05) is 44.7 Å². The molecule has 1 aromatic heterocycles. The van der Waals surface area contributed by atoms with Crippen LogP contribution in [0.2, 0.25) is 0 Å². The minimum atomic E-state index is -0.137. The Bertz CT molecular complexity index is 921. The second kappa shape index (κ2) is 10.3. The molecule has 6 heteroatoms. The number of aryl methyl sites for hydroxylation is 2. The molecule has 0 saturated carbocycles. The van der Waals surface area contributed by atoms with E-state index in [1.165, 1.54) is 16.0 Å². The number of ether oxygens (including phenoxy) is 1. The molecule has 2 amide bonds. The topological polar surface area (TPSA) is 49.9 Å². The molecule has 0 unspecified atom stereocenters. The molecule has 1 atom stereocenters. The van der Waals surface area contributed by atoms with E-state index in [4.69, 9.17) is 4.74 Å². The quantitative estimate of drug-likeness (QED) is 0.592. The molecular weight excluding hydrogens is 408 g/mol. The lowest BCUT2D eigenvalue weighted by Crippen LogP contribution is -2.47. The van der Waals surface area contributed by atoms with Gasteiger partial charge >= 0.3 is 0 Å². The molecule has 1 aliphatic rings. The summed E-state index contributed by atoms with van der Waals surface area (Å²) >= 11 is 1.74. The fourth-order valence-corrected chi connectivity index (χ4v) is 5.04. The van der Waals surface area contributed by atoms with Gasteiger partial charge in [-0.1, -0.05) is 31.5 Å². The highest BCUT2D eigenvalue weighted by molar-refractivity contribution is 7.10. The van der Waals surface area contributed by atoms with Crippen molar-refractivity contribution in [3.8, 4) is 5.75 Å². The molecule has 1 aromatic carbocycles. The number of benzene rings is 1. The standard InChI is InChI=1S/C25H34N2O3S/c1-6-26(24(28)13-17(2)3)15-25(29)27-11-9-23-20(10-12-31-23)21(27)16-30-22-8-7-18(4)14-19(22)5/h7-8,10,12,14,17,21H,6,9,11,13,15-16H2,1-5H3/t21-/m0/s1. The van der Waals surface area contributed by atoms with Crippen molar-refractivity contribution in [1.82, 2.24) is 9.80 Å². The number of carbonyl (C=O) groups excluding carboxylic acids is 2. The zero-order valence-corrected chi connectivity index (χ0v) is 20.1. The van der Waals surface area contributed by atoms with Crippen LogP contribution in [0.5, 0.6) is 5.75 Å². The van der Waals surface area contributed by atoms with Crippen LogP contribution in [0.25, 0.3) is 0 Å². The monoisotopic (exact) mass is 442 g/mol. The van der Waals surface area contributed by atoms with Crippen molar-refractivity contribution in [1.29, 1.82) is 0 Å².